The largest absolute Gasteiger partial charge is 2.00 e. The molecule has 0 fully saturated rings. The summed E-state index contributed by atoms with van der Waals surface area (Å²) in [6.07, 6.45) is 0. The van der Waals surface area contributed by atoms with Gasteiger partial charge in [-0.25, -0.2) is 0 Å². The quantitative estimate of drug-likeness (QED) is 0.550. The van der Waals surface area contributed by atoms with Crippen LogP contribution >= 0.6 is 0 Å². The van der Waals surface area contributed by atoms with Gasteiger partial charge in [0.15, 0.2) is 0 Å². The first-order valence-electron chi connectivity index (χ1n) is 8.95. The van der Waals surface area contributed by atoms with E-state index in [2.05, 4.69) is 80.4 Å². The number of hydrogen-bond donors (Lipinski definition) is 2. The van der Waals surface area contributed by atoms with E-state index < -0.39 is 0 Å². The number of quaternary nitrogens is 2. The van der Waals surface area contributed by atoms with E-state index >= 15 is 0 Å². The van der Waals surface area contributed by atoms with Crippen LogP contribution in [0.4, 0.5) is 0 Å². The van der Waals surface area contributed by atoms with Crippen molar-refractivity contribution in [3.63, 3.8) is 0 Å². The van der Waals surface area contributed by atoms with Gasteiger partial charge in [0.05, 0.1) is 41.3 Å². The molecule has 0 amide bonds. The summed E-state index contributed by atoms with van der Waals surface area (Å²) in [7, 11) is 8.75. The van der Waals surface area contributed by atoms with E-state index in [1.807, 2.05) is 0 Å². The van der Waals surface area contributed by atoms with Gasteiger partial charge in [-0.1, -0.05) is 41.5 Å². The minimum atomic E-state index is 0. The van der Waals surface area contributed by atoms with E-state index in [0.29, 0.717) is 12.1 Å². The summed E-state index contributed by atoms with van der Waals surface area (Å²) in [5.74, 6) is 1.45. The molecule has 0 saturated heterocycles. The van der Waals surface area contributed by atoms with Gasteiger partial charge in [0.1, 0.15) is 0 Å². The van der Waals surface area contributed by atoms with Crippen LogP contribution in [0.25, 0.3) is 10.6 Å². The van der Waals surface area contributed by atoms with E-state index in [1.54, 1.807) is 0 Å². The Balaban J connectivity index is -0.000000333. The van der Waals surface area contributed by atoms with Crippen LogP contribution in [0.2, 0.25) is 0 Å². The third-order valence-corrected chi connectivity index (χ3v) is 3.08. The molecule has 2 unspecified atom stereocenters. The van der Waals surface area contributed by atoms with Crippen molar-refractivity contribution in [3.8, 4) is 0 Å². The molecule has 0 radical (unpaired) electrons. The topological polar surface area (TPSA) is 37.1 Å². The molecule has 5 heteroatoms. The van der Waals surface area contributed by atoms with Crippen molar-refractivity contribution in [2.24, 2.45) is 11.8 Å². The maximum atomic E-state index is 4.46. The first-order valence-corrected chi connectivity index (χ1v) is 8.95. The summed E-state index contributed by atoms with van der Waals surface area (Å²) in [4.78, 5) is 3.02. The van der Waals surface area contributed by atoms with Crippen LogP contribution in [0, 0.1) is 11.8 Å². The maximum absolute atomic E-state index is 4.46. The van der Waals surface area contributed by atoms with Crippen LogP contribution in [0.5, 0.6) is 0 Å². The monoisotopic (exact) mass is 340 g/mol. The van der Waals surface area contributed by atoms with Crippen LogP contribution in [0.1, 0.15) is 41.5 Å². The zero-order chi connectivity index (χ0) is 17.7. The minimum absolute atomic E-state index is 0. The van der Waals surface area contributed by atoms with Crippen molar-refractivity contribution in [2.75, 3.05) is 54.4 Å². The number of nitrogens with zero attached hydrogens (tertiary/aromatic N) is 2. The summed E-state index contributed by atoms with van der Waals surface area (Å²) in [6.45, 7) is 17.5. The summed E-state index contributed by atoms with van der Waals surface area (Å²) in [6, 6.07) is 0.990. The molecule has 4 nitrogen and oxygen atoms in total. The first-order chi connectivity index (χ1) is 10.0. The summed E-state index contributed by atoms with van der Waals surface area (Å²) in [5.41, 5.74) is 0. The Hall–Kier alpha value is 0.606. The van der Waals surface area contributed by atoms with Gasteiger partial charge in [0, 0.05) is 0 Å². The summed E-state index contributed by atoms with van der Waals surface area (Å²) < 4.78 is 0. The number of hydrogen-bond acceptors (Lipinski definition) is 0. The first kappa shape index (κ1) is 28.4. The maximum Gasteiger partial charge on any atom is 2.00 e. The second-order valence-electron chi connectivity index (χ2n) is 7.95. The molecule has 136 valence electrons. The molecule has 2 N–H and O–H groups in total. The molecule has 0 aliphatic carbocycles. The van der Waals surface area contributed by atoms with Crippen LogP contribution in [0.15, 0.2) is 0 Å². The molecule has 23 heavy (non-hydrogen) atoms. The Morgan fingerprint density at radius 2 is 0.870 bits per heavy atom. The second kappa shape index (κ2) is 17.4. The van der Waals surface area contributed by atoms with Crippen LogP contribution in [-0.4, -0.2) is 89.5 Å². The predicted octanol–water partition coefficient (Wildman–Crippen LogP) is 0.717. The third kappa shape index (κ3) is 27.7. The molecule has 2 atom stereocenters. The molecular formula is C18H44MgN4+2. The fourth-order valence-corrected chi connectivity index (χ4v) is 2.30. The zero-order valence-electron chi connectivity index (χ0n) is 17.7. The molecule has 0 aliphatic heterocycles. The van der Waals surface area contributed by atoms with Crippen molar-refractivity contribution in [1.29, 1.82) is 0 Å². The van der Waals surface area contributed by atoms with Crippen molar-refractivity contribution < 1.29 is 9.80 Å². The van der Waals surface area contributed by atoms with Crippen molar-refractivity contribution in [1.82, 2.24) is 0 Å². The van der Waals surface area contributed by atoms with E-state index in [1.165, 1.54) is 22.9 Å². The Bertz CT molecular complexity index is 209. The summed E-state index contributed by atoms with van der Waals surface area (Å²) in [5, 5.41) is 8.93. The smallest absolute Gasteiger partial charge is 0.660 e. The minimum Gasteiger partial charge on any atom is -0.660 e. The van der Waals surface area contributed by atoms with Gasteiger partial charge in [0.2, 0.25) is 0 Å². The van der Waals surface area contributed by atoms with Gasteiger partial charge < -0.3 is 20.4 Å². The van der Waals surface area contributed by atoms with Crippen LogP contribution in [0.3, 0.4) is 0 Å². The molecule has 0 aromatic heterocycles. The molecule has 0 heterocycles. The molecule has 0 aromatic carbocycles. The van der Waals surface area contributed by atoms with Crippen molar-refractivity contribution in [3.05, 3.63) is 10.6 Å². The predicted molar refractivity (Wildman–Crippen MR) is 106 cm³/mol. The Labute approximate surface area is 163 Å². The molecule has 0 rings (SSSR count). The fraction of sp³-hybridized carbons (Fsp3) is 1.00. The molecule has 0 aliphatic rings. The average molecular weight is 341 g/mol. The van der Waals surface area contributed by atoms with Crippen LogP contribution < -0.4 is 9.80 Å². The SMILES string of the molecule is CC(C[N-]C(C)C)C[NH+](C)C.CC(C[N-]C(C)C)C[NH+](C)C.[Mg+2]. The van der Waals surface area contributed by atoms with E-state index in [9.17, 15) is 0 Å². The third-order valence-electron chi connectivity index (χ3n) is 3.08. The van der Waals surface area contributed by atoms with Gasteiger partial charge in [-0.3, -0.25) is 0 Å². The summed E-state index contributed by atoms with van der Waals surface area (Å²) >= 11 is 0. The van der Waals surface area contributed by atoms with Gasteiger partial charge in [-0.05, 0) is 11.8 Å². The van der Waals surface area contributed by atoms with E-state index in [4.69, 9.17) is 0 Å². The second-order valence-corrected chi connectivity index (χ2v) is 7.95. The Morgan fingerprint density at radius 3 is 1.04 bits per heavy atom. The van der Waals surface area contributed by atoms with E-state index in [0.717, 1.165) is 24.9 Å². The van der Waals surface area contributed by atoms with Crippen molar-refractivity contribution in [2.45, 2.75) is 53.6 Å². The number of nitrogens with one attached hydrogen (secondary N) is 2. The fourth-order valence-electron chi connectivity index (χ4n) is 2.30. The molecule has 0 saturated carbocycles. The zero-order valence-corrected chi connectivity index (χ0v) is 19.2. The van der Waals surface area contributed by atoms with E-state index in [-0.39, 0.29) is 23.1 Å². The van der Waals surface area contributed by atoms with Gasteiger partial charge in [0.25, 0.3) is 0 Å². The number of rotatable bonds is 10. The van der Waals surface area contributed by atoms with Gasteiger partial charge in [-0.15, -0.1) is 25.2 Å². The normalized spacial score (nSPS) is 13.8. The Kier molecular flexibility index (Phi) is 21.5. The van der Waals surface area contributed by atoms with Gasteiger partial charge in [-0.2, -0.15) is 0 Å². The standard InChI is InChI=1S/2C9H21N2.Mg/c2*1-8(2)10-6-9(3)7-11(4)5;/h2*8-9H,6-7H2,1-5H3;/q2*-1;+2/p+2. The van der Waals surface area contributed by atoms with Crippen molar-refractivity contribution >= 4 is 23.1 Å². The molecular weight excluding hydrogens is 297 g/mol. The average Bonchev–Trinajstić information content (AvgIpc) is 2.33. The Morgan fingerprint density at radius 1 is 0.609 bits per heavy atom. The molecule has 0 bridgehead atoms. The van der Waals surface area contributed by atoms with Crippen LogP contribution in [-0.2, 0) is 0 Å². The van der Waals surface area contributed by atoms with Gasteiger partial charge >= 0.3 is 23.1 Å². The molecule has 0 spiro atoms. The molecule has 0 aromatic rings.